The van der Waals surface area contributed by atoms with E-state index in [-0.39, 0.29) is 12.5 Å². The van der Waals surface area contributed by atoms with Crippen LogP contribution >= 0.6 is 0 Å². The van der Waals surface area contributed by atoms with Crippen LogP contribution in [0, 0.1) is 0 Å². The van der Waals surface area contributed by atoms with Crippen molar-refractivity contribution in [2.75, 3.05) is 14.2 Å². The molecule has 0 saturated heterocycles. The monoisotopic (exact) mass is 312 g/mol. The summed E-state index contributed by atoms with van der Waals surface area (Å²) in [7, 11) is 3.08. The average molecular weight is 312 g/mol. The number of carbonyl (C=O) groups excluding carboxylic acids is 1. The second kappa shape index (κ2) is 6.35. The van der Waals surface area contributed by atoms with Crippen LogP contribution in [0.4, 0.5) is 0 Å². The number of fused-ring (bicyclic) bond motifs is 1. The molecule has 7 nitrogen and oxygen atoms in total. The van der Waals surface area contributed by atoms with Gasteiger partial charge in [0.05, 0.1) is 20.8 Å². The first kappa shape index (κ1) is 14.8. The molecular weight excluding hydrogens is 296 g/mol. The van der Waals surface area contributed by atoms with Crippen molar-refractivity contribution < 1.29 is 14.3 Å². The molecule has 2 aromatic heterocycles. The van der Waals surface area contributed by atoms with E-state index < -0.39 is 0 Å². The molecule has 0 bridgehead atoms. The number of rotatable bonds is 5. The highest BCUT2D eigenvalue weighted by atomic mass is 16.5. The largest absolute Gasteiger partial charge is 0.493 e. The number of carbonyl (C=O) groups is 1. The molecule has 3 aromatic rings. The van der Waals surface area contributed by atoms with Crippen LogP contribution in [0.5, 0.6) is 11.5 Å². The van der Waals surface area contributed by atoms with Crippen molar-refractivity contribution in [3.05, 3.63) is 54.0 Å². The SMILES string of the molecule is COc1ccc(C(=O)NCc2nnc3ccccn23)cc1OC. The molecule has 2 heterocycles. The summed E-state index contributed by atoms with van der Waals surface area (Å²) >= 11 is 0. The van der Waals surface area contributed by atoms with E-state index in [0.717, 1.165) is 5.65 Å². The fourth-order valence-corrected chi connectivity index (χ4v) is 2.25. The number of ether oxygens (including phenoxy) is 2. The molecule has 0 spiro atoms. The van der Waals surface area contributed by atoms with Crippen LogP contribution < -0.4 is 14.8 Å². The Morgan fingerprint density at radius 2 is 1.96 bits per heavy atom. The van der Waals surface area contributed by atoms with Gasteiger partial charge < -0.3 is 14.8 Å². The predicted octanol–water partition coefficient (Wildman–Crippen LogP) is 1.68. The van der Waals surface area contributed by atoms with E-state index >= 15 is 0 Å². The molecular formula is C16H16N4O3. The smallest absolute Gasteiger partial charge is 0.251 e. The molecule has 0 atom stereocenters. The summed E-state index contributed by atoms with van der Waals surface area (Å²) in [6.45, 7) is 0.276. The number of amides is 1. The molecule has 23 heavy (non-hydrogen) atoms. The van der Waals surface area contributed by atoms with Crippen LogP contribution in [-0.4, -0.2) is 34.7 Å². The fraction of sp³-hybridized carbons (Fsp3) is 0.188. The van der Waals surface area contributed by atoms with E-state index in [1.807, 2.05) is 28.8 Å². The van der Waals surface area contributed by atoms with E-state index in [2.05, 4.69) is 15.5 Å². The maximum atomic E-state index is 12.3. The molecule has 0 aliphatic rings. The Balaban J connectivity index is 1.74. The van der Waals surface area contributed by atoms with E-state index in [1.165, 1.54) is 7.11 Å². The standard InChI is InChI=1S/C16H16N4O3/c1-22-12-7-6-11(9-13(12)23-2)16(21)17-10-15-19-18-14-5-3-4-8-20(14)15/h3-9H,10H2,1-2H3,(H,17,21). The topological polar surface area (TPSA) is 77.8 Å². The van der Waals surface area contributed by atoms with Gasteiger partial charge in [0.1, 0.15) is 0 Å². The summed E-state index contributed by atoms with van der Waals surface area (Å²) in [5.41, 5.74) is 1.22. The third-order valence-corrected chi connectivity index (χ3v) is 3.44. The number of nitrogens with zero attached hydrogens (tertiary/aromatic N) is 3. The zero-order valence-electron chi connectivity index (χ0n) is 12.8. The molecule has 1 aromatic carbocycles. The lowest BCUT2D eigenvalue weighted by atomic mass is 10.2. The lowest BCUT2D eigenvalue weighted by Crippen LogP contribution is -2.24. The summed E-state index contributed by atoms with van der Waals surface area (Å²) in [4.78, 5) is 12.3. The van der Waals surface area contributed by atoms with Gasteiger partial charge in [-0.05, 0) is 30.3 Å². The molecule has 0 aliphatic carbocycles. The van der Waals surface area contributed by atoms with E-state index in [1.54, 1.807) is 25.3 Å². The van der Waals surface area contributed by atoms with Crippen molar-refractivity contribution in [1.82, 2.24) is 19.9 Å². The van der Waals surface area contributed by atoms with Crippen LogP contribution in [0.25, 0.3) is 5.65 Å². The molecule has 3 rings (SSSR count). The Labute approximate surface area is 132 Å². The Morgan fingerprint density at radius 3 is 2.74 bits per heavy atom. The Kier molecular flexibility index (Phi) is 4.09. The van der Waals surface area contributed by atoms with E-state index in [0.29, 0.717) is 22.9 Å². The Morgan fingerprint density at radius 1 is 1.13 bits per heavy atom. The Bertz CT molecular complexity index is 844. The zero-order chi connectivity index (χ0) is 16.2. The summed E-state index contributed by atoms with van der Waals surface area (Å²) in [5.74, 6) is 1.52. The zero-order valence-corrected chi connectivity index (χ0v) is 12.8. The van der Waals surface area contributed by atoms with Gasteiger partial charge in [-0.1, -0.05) is 6.07 Å². The van der Waals surface area contributed by atoms with E-state index in [4.69, 9.17) is 9.47 Å². The number of hydrogen-bond donors (Lipinski definition) is 1. The third-order valence-electron chi connectivity index (χ3n) is 3.44. The number of hydrogen-bond acceptors (Lipinski definition) is 5. The minimum Gasteiger partial charge on any atom is -0.493 e. The van der Waals surface area contributed by atoms with Crippen LogP contribution in [0.1, 0.15) is 16.2 Å². The second-order valence-corrected chi connectivity index (χ2v) is 4.80. The van der Waals surface area contributed by atoms with Crippen LogP contribution in [0.3, 0.4) is 0 Å². The molecule has 0 saturated carbocycles. The van der Waals surface area contributed by atoms with Crippen LogP contribution in [0.2, 0.25) is 0 Å². The highest BCUT2D eigenvalue weighted by Gasteiger charge is 2.12. The molecule has 0 fully saturated rings. The van der Waals surface area contributed by atoms with Gasteiger partial charge in [-0.2, -0.15) is 0 Å². The number of aromatic nitrogens is 3. The molecule has 1 N–H and O–H groups in total. The van der Waals surface area contributed by atoms with Crippen molar-refractivity contribution >= 4 is 11.6 Å². The first-order valence-corrected chi connectivity index (χ1v) is 7.02. The van der Waals surface area contributed by atoms with Gasteiger partial charge in [0.2, 0.25) is 0 Å². The fourth-order valence-electron chi connectivity index (χ4n) is 2.25. The van der Waals surface area contributed by atoms with Gasteiger partial charge in [-0.3, -0.25) is 9.20 Å². The summed E-state index contributed by atoms with van der Waals surface area (Å²) in [6, 6.07) is 10.6. The van der Waals surface area contributed by atoms with Crippen molar-refractivity contribution in [2.45, 2.75) is 6.54 Å². The normalized spacial score (nSPS) is 10.5. The van der Waals surface area contributed by atoms with Gasteiger partial charge in [0.15, 0.2) is 23.0 Å². The van der Waals surface area contributed by atoms with E-state index in [9.17, 15) is 4.79 Å². The lowest BCUT2D eigenvalue weighted by molar-refractivity contribution is 0.0949. The highest BCUT2D eigenvalue weighted by Crippen LogP contribution is 2.27. The number of pyridine rings is 1. The molecule has 1 amide bonds. The van der Waals surface area contributed by atoms with Crippen molar-refractivity contribution in [3.8, 4) is 11.5 Å². The van der Waals surface area contributed by atoms with Gasteiger partial charge in [0.25, 0.3) is 5.91 Å². The van der Waals surface area contributed by atoms with Gasteiger partial charge in [-0.25, -0.2) is 0 Å². The Hall–Kier alpha value is -3.09. The lowest BCUT2D eigenvalue weighted by Gasteiger charge is -2.09. The second-order valence-electron chi connectivity index (χ2n) is 4.80. The molecule has 7 heteroatoms. The maximum absolute atomic E-state index is 12.3. The highest BCUT2D eigenvalue weighted by molar-refractivity contribution is 5.94. The number of benzene rings is 1. The third kappa shape index (κ3) is 2.94. The van der Waals surface area contributed by atoms with Crippen LogP contribution in [-0.2, 0) is 6.54 Å². The van der Waals surface area contributed by atoms with Crippen LogP contribution in [0.15, 0.2) is 42.6 Å². The molecule has 0 aliphatic heterocycles. The number of methoxy groups -OCH3 is 2. The number of nitrogens with one attached hydrogen (secondary N) is 1. The summed E-state index contributed by atoms with van der Waals surface area (Å²) in [6.07, 6.45) is 1.85. The molecule has 118 valence electrons. The van der Waals surface area contributed by atoms with Gasteiger partial charge in [0, 0.05) is 11.8 Å². The van der Waals surface area contributed by atoms with Gasteiger partial charge in [-0.15, -0.1) is 10.2 Å². The first-order valence-electron chi connectivity index (χ1n) is 7.02. The molecule has 0 unspecified atom stereocenters. The predicted molar refractivity (Wildman–Crippen MR) is 83.7 cm³/mol. The minimum absolute atomic E-state index is 0.223. The average Bonchev–Trinajstić information content (AvgIpc) is 3.02. The quantitative estimate of drug-likeness (QED) is 0.775. The van der Waals surface area contributed by atoms with Crippen molar-refractivity contribution in [2.24, 2.45) is 0 Å². The molecule has 0 radical (unpaired) electrons. The maximum Gasteiger partial charge on any atom is 0.251 e. The summed E-state index contributed by atoms with van der Waals surface area (Å²) in [5, 5.41) is 10.9. The first-order chi connectivity index (χ1) is 11.2. The van der Waals surface area contributed by atoms with Crippen molar-refractivity contribution in [1.29, 1.82) is 0 Å². The van der Waals surface area contributed by atoms with Crippen molar-refractivity contribution in [3.63, 3.8) is 0 Å². The van der Waals surface area contributed by atoms with Gasteiger partial charge >= 0.3 is 0 Å². The summed E-state index contributed by atoms with van der Waals surface area (Å²) < 4.78 is 12.2. The minimum atomic E-state index is -0.223.